The Morgan fingerprint density at radius 1 is 1.06 bits per heavy atom. The molecule has 0 aliphatic rings. The number of pyridine rings is 3. The zero-order valence-electron chi connectivity index (χ0n) is 17.4. The lowest BCUT2D eigenvalue weighted by molar-refractivity contribution is 0.479. The molecule has 3 N–H and O–H groups in total. The normalized spacial score (nSPS) is 11.3. The van der Waals surface area contributed by atoms with E-state index in [2.05, 4.69) is 25.4 Å². The highest BCUT2D eigenvalue weighted by Crippen LogP contribution is 2.37. The third-order valence-corrected chi connectivity index (χ3v) is 5.63. The average molecular weight is 481 g/mol. The van der Waals surface area contributed by atoms with Crippen LogP contribution in [0.25, 0.3) is 0 Å². The number of anilines is 2. The molecule has 0 spiro atoms. The smallest absolute Gasteiger partial charge is 0.175 e. The Bertz CT molecular complexity index is 1290. The van der Waals surface area contributed by atoms with Crippen LogP contribution in [0.5, 0.6) is 11.5 Å². The molecular weight excluding hydrogens is 463 g/mol. The van der Waals surface area contributed by atoms with Gasteiger partial charge in [0, 0.05) is 35.1 Å². The predicted molar refractivity (Wildman–Crippen MR) is 128 cm³/mol. The number of benzene rings is 1. The third-order valence-electron chi connectivity index (χ3n) is 4.42. The largest absolute Gasteiger partial charge is 0.452 e. The van der Waals surface area contributed by atoms with Crippen LogP contribution in [0, 0.1) is 5.82 Å². The molecule has 7 nitrogen and oxygen atoms in total. The molecule has 3 aromatic heterocycles. The number of nitrogens with two attached hydrogens (primary N) is 1. The molecule has 0 amide bonds. The molecule has 4 aromatic rings. The first-order chi connectivity index (χ1) is 16.0. The van der Waals surface area contributed by atoms with Gasteiger partial charge in [-0.2, -0.15) is 5.10 Å². The van der Waals surface area contributed by atoms with Crippen LogP contribution in [-0.4, -0.2) is 20.7 Å². The molecule has 1 aromatic carbocycles. The fraction of sp³-hybridized carbons (Fsp3) is 0.0435. The molecule has 0 atom stereocenters. The second kappa shape index (κ2) is 10.3. The molecule has 0 unspecified atom stereocenters. The molecule has 33 heavy (non-hydrogen) atoms. The van der Waals surface area contributed by atoms with E-state index in [1.807, 2.05) is 24.3 Å². The summed E-state index contributed by atoms with van der Waals surface area (Å²) in [4.78, 5) is 14.0. The molecule has 0 saturated carbocycles. The van der Waals surface area contributed by atoms with Crippen molar-refractivity contribution in [1.82, 2.24) is 15.0 Å². The van der Waals surface area contributed by atoms with E-state index in [1.165, 1.54) is 30.0 Å². The van der Waals surface area contributed by atoms with Gasteiger partial charge in [-0.05, 0) is 49.4 Å². The van der Waals surface area contributed by atoms with Gasteiger partial charge in [-0.3, -0.25) is 0 Å². The maximum absolute atomic E-state index is 13.5. The van der Waals surface area contributed by atoms with Crippen molar-refractivity contribution in [2.24, 2.45) is 10.9 Å². The molecule has 0 aliphatic heterocycles. The van der Waals surface area contributed by atoms with Crippen molar-refractivity contribution in [2.75, 3.05) is 5.32 Å². The van der Waals surface area contributed by atoms with Gasteiger partial charge in [0.15, 0.2) is 11.6 Å². The number of hydrogen-bond acceptors (Lipinski definition) is 8. The van der Waals surface area contributed by atoms with Crippen LogP contribution in [-0.2, 0) is 0 Å². The lowest BCUT2D eigenvalue weighted by atomic mass is 10.2. The van der Waals surface area contributed by atoms with Gasteiger partial charge in [-0.1, -0.05) is 29.4 Å². The third kappa shape index (κ3) is 5.76. The van der Waals surface area contributed by atoms with Crippen molar-refractivity contribution in [3.63, 3.8) is 0 Å². The lowest BCUT2D eigenvalue weighted by Crippen LogP contribution is -2.02. The van der Waals surface area contributed by atoms with Crippen molar-refractivity contribution in [3.8, 4) is 11.5 Å². The summed E-state index contributed by atoms with van der Waals surface area (Å²) in [5.74, 6) is 6.49. The van der Waals surface area contributed by atoms with E-state index in [1.54, 1.807) is 37.6 Å². The Balaban J connectivity index is 1.65. The van der Waals surface area contributed by atoms with E-state index in [9.17, 15) is 4.39 Å². The quantitative estimate of drug-likeness (QED) is 0.189. The zero-order chi connectivity index (χ0) is 23.2. The summed E-state index contributed by atoms with van der Waals surface area (Å²) >= 11 is 7.59. The number of hydrogen-bond donors (Lipinski definition) is 2. The Labute approximate surface area is 198 Å². The van der Waals surface area contributed by atoms with Crippen LogP contribution in [0.15, 0.2) is 88.2 Å². The monoisotopic (exact) mass is 480 g/mol. The SMILES string of the molecule is C/C(=N\N)c1ccc(Nc2ncc(Sc3ccccn3)cc2Oc2ccc(F)cc2Cl)nc1. The Hall–Kier alpha value is -3.69. The second-order valence-corrected chi connectivity index (χ2v) is 8.24. The first-order valence-electron chi connectivity index (χ1n) is 9.71. The van der Waals surface area contributed by atoms with Gasteiger partial charge >= 0.3 is 0 Å². The minimum Gasteiger partial charge on any atom is -0.452 e. The van der Waals surface area contributed by atoms with E-state index in [0.717, 1.165) is 15.5 Å². The highest BCUT2D eigenvalue weighted by Gasteiger charge is 2.13. The van der Waals surface area contributed by atoms with Crippen LogP contribution in [0.3, 0.4) is 0 Å². The van der Waals surface area contributed by atoms with Crippen molar-refractivity contribution >= 4 is 40.7 Å². The van der Waals surface area contributed by atoms with Gasteiger partial charge in [0.1, 0.15) is 22.4 Å². The highest BCUT2D eigenvalue weighted by molar-refractivity contribution is 7.99. The maximum Gasteiger partial charge on any atom is 0.175 e. The van der Waals surface area contributed by atoms with Crippen LogP contribution in [0.2, 0.25) is 5.02 Å². The maximum atomic E-state index is 13.5. The topological polar surface area (TPSA) is 98.3 Å². The fourth-order valence-corrected chi connectivity index (χ4v) is 3.72. The predicted octanol–water partition coefficient (Wildman–Crippen LogP) is 6.03. The molecule has 3 heterocycles. The van der Waals surface area contributed by atoms with Crippen LogP contribution < -0.4 is 15.9 Å². The van der Waals surface area contributed by atoms with Gasteiger partial charge in [-0.15, -0.1) is 0 Å². The zero-order valence-corrected chi connectivity index (χ0v) is 18.9. The number of ether oxygens (including phenoxy) is 1. The summed E-state index contributed by atoms with van der Waals surface area (Å²) in [6, 6.07) is 15.0. The van der Waals surface area contributed by atoms with Gasteiger partial charge in [0.25, 0.3) is 0 Å². The van der Waals surface area contributed by atoms with Gasteiger partial charge in [-0.25, -0.2) is 19.3 Å². The number of nitrogens with zero attached hydrogens (tertiary/aromatic N) is 4. The Kier molecular flexibility index (Phi) is 7.01. The Morgan fingerprint density at radius 2 is 1.94 bits per heavy atom. The second-order valence-electron chi connectivity index (χ2n) is 6.74. The number of nitrogens with one attached hydrogen (secondary N) is 1. The molecule has 0 aliphatic carbocycles. The van der Waals surface area contributed by atoms with Crippen LogP contribution >= 0.6 is 23.4 Å². The summed E-state index contributed by atoms with van der Waals surface area (Å²) < 4.78 is 19.5. The van der Waals surface area contributed by atoms with Gasteiger partial charge < -0.3 is 15.9 Å². The summed E-state index contributed by atoms with van der Waals surface area (Å²) in [6.45, 7) is 1.79. The highest BCUT2D eigenvalue weighted by atomic mass is 35.5. The van der Waals surface area contributed by atoms with E-state index in [-0.39, 0.29) is 5.02 Å². The van der Waals surface area contributed by atoms with E-state index in [4.69, 9.17) is 22.2 Å². The molecule has 166 valence electrons. The summed E-state index contributed by atoms with van der Waals surface area (Å²) in [6.07, 6.45) is 5.06. The fourth-order valence-electron chi connectivity index (χ4n) is 2.74. The summed E-state index contributed by atoms with van der Waals surface area (Å²) in [5, 5.41) is 7.75. The number of halogens is 2. The van der Waals surface area contributed by atoms with Crippen molar-refractivity contribution < 1.29 is 9.13 Å². The average Bonchev–Trinajstić information content (AvgIpc) is 2.83. The molecule has 0 fully saturated rings. The first kappa shape index (κ1) is 22.5. The number of rotatable bonds is 7. The van der Waals surface area contributed by atoms with Crippen molar-refractivity contribution in [3.05, 3.63) is 89.6 Å². The molecule has 4 rings (SSSR count). The Morgan fingerprint density at radius 3 is 2.64 bits per heavy atom. The minimum atomic E-state index is -0.455. The van der Waals surface area contributed by atoms with E-state index in [0.29, 0.717) is 28.8 Å². The first-order valence-corrected chi connectivity index (χ1v) is 10.9. The molecule has 10 heteroatoms. The number of aromatic nitrogens is 3. The van der Waals surface area contributed by atoms with Gasteiger partial charge in [0.2, 0.25) is 0 Å². The van der Waals surface area contributed by atoms with Crippen LogP contribution in [0.4, 0.5) is 16.0 Å². The van der Waals surface area contributed by atoms with E-state index >= 15 is 0 Å². The van der Waals surface area contributed by atoms with Gasteiger partial charge in [0.05, 0.1) is 10.7 Å². The molecule has 0 bridgehead atoms. The van der Waals surface area contributed by atoms with Crippen molar-refractivity contribution in [1.29, 1.82) is 0 Å². The minimum absolute atomic E-state index is 0.141. The summed E-state index contributed by atoms with van der Waals surface area (Å²) in [5.41, 5.74) is 1.46. The van der Waals surface area contributed by atoms with Crippen molar-refractivity contribution in [2.45, 2.75) is 16.8 Å². The van der Waals surface area contributed by atoms with E-state index < -0.39 is 5.82 Å². The number of hydrazone groups is 1. The van der Waals surface area contributed by atoms with Crippen LogP contribution in [0.1, 0.15) is 12.5 Å². The summed E-state index contributed by atoms with van der Waals surface area (Å²) in [7, 11) is 0. The molecule has 0 radical (unpaired) electrons. The molecular formula is C23H18ClFN6OS. The lowest BCUT2D eigenvalue weighted by Gasteiger charge is -2.14. The molecule has 0 saturated heterocycles. The standard InChI is InChI=1S/C23H18ClFN6OS/c1-14(31-26)15-5-8-21(28-12-15)30-23-20(32-19-7-6-16(25)10-18(19)24)11-17(13-29-23)33-22-4-2-3-9-27-22/h2-13H,26H2,1H3,(H,28,29,30)/b31-14+.